The van der Waals surface area contributed by atoms with E-state index in [1.54, 1.807) is 24.4 Å². The number of pyridine rings is 2. The molecule has 240 valence electrons. The van der Waals surface area contributed by atoms with Crippen LogP contribution in [0.15, 0.2) is 70.0 Å². The first kappa shape index (κ1) is 29.0. The SMILES string of the molecule is O=C1c2c(nc(CCc3ccc(F)cc3)c(-c3n[nH]c(=O)o3)c2-c2cc3ccnc(NC4CCc5ccc(F)cc54)c3s2)C2CCCN12. The standard InChI is InChI=1S/C36H28F2N6O3S/c37-21-8-3-18(4-9-21)5-11-25-28(34-42-43-36(46)47-34)29(30-31(40-25)26-2-1-15-44(26)35(30)45)27-16-20-13-14-39-33(32(20)48-27)41-24-12-7-19-6-10-22(38)17-23(19)24/h3-4,6,8-10,13-14,16-17,24,26H,1-2,5,7,11-12,15H2,(H,39,41)(H,43,46). The Labute approximate surface area is 276 Å². The molecule has 1 amide bonds. The first-order valence-electron chi connectivity index (χ1n) is 16.0. The molecule has 1 fully saturated rings. The third kappa shape index (κ3) is 4.73. The van der Waals surface area contributed by atoms with Crippen LogP contribution in [-0.2, 0) is 19.3 Å². The molecule has 6 heterocycles. The van der Waals surface area contributed by atoms with Gasteiger partial charge in [0.05, 0.1) is 39.3 Å². The number of H-pyrrole nitrogens is 1. The van der Waals surface area contributed by atoms with Gasteiger partial charge >= 0.3 is 5.76 Å². The van der Waals surface area contributed by atoms with Crippen LogP contribution in [0.25, 0.3) is 32.0 Å². The molecule has 0 bridgehead atoms. The highest BCUT2D eigenvalue weighted by atomic mass is 32.1. The first-order valence-corrected chi connectivity index (χ1v) is 16.8. The lowest BCUT2D eigenvalue weighted by atomic mass is 9.93. The summed E-state index contributed by atoms with van der Waals surface area (Å²) in [6.45, 7) is 0.644. The molecule has 3 aliphatic rings. The number of rotatable bonds is 7. The van der Waals surface area contributed by atoms with E-state index in [1.165, 1.54) is 29.5 Å². The highest BCUT2D eigenvalue weighted by Gasteiger charge is 2.45. The van der Waals surface area contributed by atoms with E-state index >= 15 is 0 Å². The molecular formula is C36H28F2N6O3S. The van der Waals surface area contributed by atoms with Crippen molar-refractivity contribution in [2.75, 3.05) is 11.9 Å². The third-order valence-electron chi connectivity index (χ3n) is 9.74. The zero-order valence-electron chi connectivity index (χ0n) is 25.6. The summed E-state index contributed by atoms with van der Waals surface area (Å²) in [6.07, 6.45) is 6.10. The lowest BCUT2D eigenvalue weighted by Gasteiger charge is -2.16. The van der Waals surface area contributed by atoms with Crippen LogP contribution in [0.1, 0.15) is 69.8 Å². The van der Waals surface area contributed by atoms with E-state index in [4.69, 9.17) is 14.4 Å². The van der Waals surface area contributed by atoms with Gasteiger partial charge in [-0.1, -0.05) is 18.2 Å². The van der Waals surface area contributed by atoms with E-state index in [2.05, 4.69) is 15.5 Å². The molecule has 0 spiro atoms. The molecule has 48 heavy (non-hydrogen) atoms. The van der Waals surface area contributed by atoms with Crippen LogP contribution in [0.5, 0.6) is 0 Å². The molecule has 0 radical (unpaired) electrons. The van der Waals surface area contributed by atoms with Crippen molar-refractivity contribution in [1.82, 2.24) is 25.1 Å². The van der Waals surface area contributed by atoms with Crippen molar-refractivity contribution in [1.29, 1.82) is 0 Å². The Morgan fingerprint density at radius 2 is 1.83 bits per heavy atom. The number of hydrogen-bond acceptors (Lipinski definition) is 8. The minimum absolute atomic E-state index is 0.0535. The van der Waals surface area contributed by atoms with E-state index in [0.29, 0.717) is 47.6 Å². The van der Waals surface area contributed by atoms with Crippen molar-refractivity contribution in [2.45, 2.75) is 50.6 Å². The Kier molecular flexibility index (Phi) is 6.75. The Bertz CT molecular complexity index is 2310. The minimum atomic E-state index is -0.715. The second-order valence-electron chi connectivity index (χ2n) is 12.5. The number of hydrogen-bond donors (Lipinski definition) is 2. The number of aromatic nitrogens is 4. The van der Waals surface area contributed by atoms with Crippen LogP contribution < -0.4 is 11.1 Å². The van der Waals surface area contributed by atoms with Gasteiger partial charge in [0.25, 0.3) is 11.8 Å². The fourth-order valence-corrected chi connectivity index (χ4v) is 8.70. The summed E-state index contributed by atoms with van der Waals surface area (Å²) in [4.78, 5) is 38.9. The number of halogens is 2. The largest absolute Gasteiger partial charge is 0.434 e. The molecule has 2 unspecified atom stereocenters. The van der Waals surface area contributed by atoms with E-state index in [1.807, 2.05) is 23.1 Å². The quantitative estimate of drug-likeness (QED) is 0.186. The summed E-state index contributed by atoms with van der Waals surface area (Å²) in [5.74, 6) is -0.666. The summed E-state index contributed by atoms with van der Waals surface area (Å²) in [6, 6.07) is 15.0. The number of thiophene rings is 1. The number of aryl methyl sites for hydroxylation is 3. The summed E-state index contributed by atoms with van der Waals surface area (Å²) in [5.41, 5.74) is 5.96. The summed E-state index contributed by atoms with van der Waals surface area (Å²) in [7, 11) is 0. The van der Waals surface area contributed by atoms with Gasteiger partial charge in [-0.15, -0.1) is 16.4 Å². The van der Waals surface area contributed by atoms with Gasteiger partial charge in [0, 0.05) is 23.2 Å². The zero-order valence-corrected chi connectivity index (χ0v) is 26.4. The van der Waals surface area contributed by atoms with Crippen molar-refractivity contribution in [3.05, 3.63) is 117 Å². The molecule has 1 saturated heterocycles. The van der Waals surface area contributed by atoms with Crippen molar-refractivity contribution < 1.29 is 18.0 Å². The van der Waals surface area contributed by atoms with Crippen LogP contribution in [0.3, 0.4) is 0 Å². The molecular weight excluding hydrogens is 634 g/mol. The van der Waals surface area contributed by atoms with Gasteiger partial charge in [0.1, 0.15) is 17.5 Å². The van der Waals surface area contributed by atoms with Gasteiger partial charge in [-0.05, 0) is 97.0 Å². The van der Waals surface area contributed by atoms with Gasteiger partial charge in [-0.3, -0.25) is 9.78 Å². The zero-order chi connectivity index (χ0) is 32.5. The van der Waals surface area contributed by atoms with E-state index in [9.17, 15) is 18.4 Å². The van der Waals surface area contributed by atoms with Crippen LogP contribution in [0.2, 0.25) is 0 Å². The van der Waals surface area contributed by atoms with Crippen molar-refractivity contribution in [3.8, 4) is 21.9 Å². The number of benzene rings is 2. The lowest BCUT2D eigenvalue weighted by molar-refractivity contribution is 0.0776. The molecule has 1 aliphatic carbocycles. The van der Waals surface area contributed by atoms with Gasteiger partial charge < -0.3 is 14.6 Å². The number of nitrogens with one attached hydrogen (secondary N) is 2. The second kappa shape index (κ2) is 11.2. The normalized spacial score (nSPS) is 18.0. The molecule has 2 aromatic carbocycles. The average molecular weight is 663 g/mol. The molecule has 4 aromatic heterocycles. The maximum atomic E-state index is 14.2. The van der Waals surface area contributed by atoms with Crippen LogP contribution in [0.4, 0.5) is 14.6 Å². The Balaban J connectivity index is 1.21. The molecule has 2 aliphatic heterocycles. The summed E-state index contributed by atoms with van der Waals surface area (Å²) >= 11 is 1.48. The van der Waals surface area contributed by atoms with Gasteiger partial charge in [0.15, 0.2) is 0 Å². The topological polar surface area (TPSA) is 117 Å². The Hall–Kier alpha value is -5.23. The Morgan fingerprint density at radius 1 is 0.979 bits per heavy atom. The third-order valence-corrected chi connectivity index (χ3v) is 10.9. The maximum Gasteiger partial charge on any atom is 0.434 e. The van der Waals surface area contributed by atoms with Crippen LogP contribution in [0, 0.1) is 11.6 Å². The van der Waals surface area contributed by atoms with E-state index in [0.717, 1.165) is 63.0 Å². The van der Waals surface area contributed by atoms with E-state index < -0.39 is 5.76 Å². The lowest BCUT2D eigenvalue weighted by Crippen LogP contribution is -2.22. The number of aromatic amines is 1. The van der Waals surface area contributed by atoms with Gasteiger partial charge in [0.2, 0.25) is 0 Å². The predicted octanol–water partition coefficient (Wildman–Crippen LogP) is 7.16. The Morgan fingerprint density at radius 3 is 2.67 bits per heavy atom. The van der Waals surface area contributed by atoms with Crippen LogP contribution in [-0.4, -0.2) is 37.5 Å². The van der Waals surface area contributed by atoms with Gasteiger partial charge in [-0.2, -0.15) is 0 Å². The molecule has 6 aromatic rings. The monoisotopic (exact) mass is 662 g/mol. The number of anilines is 1. The van der Waals surface area contributed by atoms with Gasteiger partial charge in [-0.25, -0.2) is 23.7 Å². The number of carbonyl (C=O) groups is 1. The smallest absolute Gasteiger partial charge is 0.388 e. The summed E-state index contributed by atoms with van der Waals surface area (Å²) < 4.78 is 34.3. The van der Waals surface area contributed by atoms with Crippen molar-refractivity contribution >= 4 is 33.1 Å². The average Bonchev–Trinajstić information content (AvgIpc) is 3.92. The van der Waals surface area contributed by atoms with Crippen molar-refractivity contribution in [2.24, 2.45) is 0 Å². The van der Waals surface area contributed by atoms with E-state index in [-0.39, 0.29) is 35.5 Å². The molecule has 2 N–H and O–H groups in total. The highest BCUT2D eigenvalue weighted by molar-refractivity contribution is 7.23. The predicted molar refractivity (Wildman–Crippen MR) is 177 cm³/mol. The minimum Gasteiger partial charge on any atom is -0.388 e. The summed E-state index contributed by atoms with van der Waals surface area (Å²) in [5, 5.41) is 11.1. The maximum absolute atomic E-state index is 14.2. The number of fused-ring (bicyclic) bond motifs is 5. The number of nitrogens with zero attached hydrogens (tertiary/aromatic N) is 4. The number of carbonyl (C=O) groups excluding carboxylic acids is 1. The van der Waals surface area contributed by atoms with Crippen LogP contribution >= 0.6 is 11.3 Å². The molecule has 9 rings (SSSR count). The first-order chi connectivity index (χ1) is 23.4. The molecule has 9 nitrogen and oxygen atoms in total. The molecule has 0 saturated carbocycles. The molecule has 2 atom stereocenters. The fraction of sp³-hybridized carbons (Fsp3) is 0.250. The molecule has 12 heteroatoms. The highest BCUT2D eigenvalue weighted by Crippen LogP contribution is 2.50. The number of amides is 1. The van der Waals surface area contributed by atoms with Crippen molar-refractivity contribution in [3.63, 3.8) is 0 Å². The fourth-order valence-electron chi connectivity index (χ4n) is 7.54. The second-order valence-corrected chi connectivity index (χ2v) is 13.6.